The van der Waals surface area contributed by atoms with E-state index < -0.39 is 0 Å². The molecule has 0 bridgehead atoms. The van der Waals surface area contributed by atoms with Crippen molar-refractivity contribution >= 4 is 0 Å². The van der Waals surface area contributed by atoms with Gasteiger partial charge in [0.2, 0.25) is 0 Å². The Hall–Kier alpha value is -0.0400. The summed E-state index contributed by atoms with van der Waals surface area (Å²) in [5.41, 5.74) is 6.03. The van der Waals surface area contributed by atoms with Crippen LogP contribution in [-0.2, 0) is 0 Å². The van der Waals surface area contributed by atoms with Gasteiger partial charge in [0.05, 0.1) is 0 Å². The first-order chi connectivity index (χ1) is 6.36. The van der Waals surface area contributed by atoms with Gasteiger partial charge < -0.3 is 5.73 Å². The molecular weight excluding hydrogens is 158 g/mol. The third kappa shape index (κ3) is 2.46. The van der Waals surface area contributed by atoms with E-state index in [0.717, 1.165) is 11.8 Å². The molecule has 2 N–H and O–H groups in total. The van der Waals surface area contributed by atoms with Crippen molar-refractivity contribution in [2.75, 3.05) is 0 Å². The highest BCUT2D eigenvalue weighted by Gasteiger charge is 2.27. The Morgan fingerprint density at radius 2 is 1.38 bits per heavy atom. The van der Waals surface area contributed by atoms with Gasteiger partial charge in [-0.15, -0.1) is 0 Å². The smallest absolute Gasteiger partial charge is 0.00415 e. The summed E-state index contributed by atoms with van der Waals surface area (Å²) < 4.78 is 0. The summed E-state index contributed by atoms with van der Waals surface area (Å²) in [5.74, 6) is 2.03. The predicted octanol–water partition coefficient (Wildman–Crippen LogP) is 3.08. The fourth-order valence-electron chi connectivity index (χ4n) is 3.30. The topological polar surface area (TPSA) is 26.0 Å². The van der Waals surface area contributed by atoms with Gasteiger partial charge >= 0.3 is 0 Å². The van der Waals surface area contributed by atoms with Gasteiger partial charge in [-0.1, -0.05) is 44.9 Å². The summed E-state index contributed by atoms with van der Waals surface area (Å²) in [4.78, 5) is 0. The molecular formula is C12H23N. The molecule has 0 aliphatic heterocycles. The monoisotopic (exact) mass is 181 g/mol. The predicted molar refractivity (Wildman–Crippen MR) is 56.5 cm³/mol. The molecule has 1 heteroatoms. The van der Waals surface area contributed by atoms with Crippen LogP contribution in [0.1, 0.15) is 57.8 Å². The highest BCUT2D eigenvalue weighted by Crippen LogP contribution is 2.37. The van der Waals surface area contributed by atoms with Crippen molar-refractivity contribution in [2.24, 2.45) is 17.6 Å². The minimum Gasteiger partial charge on any atom is -0.328 e. The van der Waals surface area contributed by atoms with E-state index >= 15 is 0 Å². The lowest BCUT2D eigenvalue weighted by molar-refractivity contribution is 0.184. The van der Waals surface area contributed by atoms with Crippen molar-refractivity contribution in [3.05, 3.63) is 0 Å². The van der Waals surface area contributed by atoms with Gasteiger partial charge in [0.15, 0.2) is 0 Å². The molecule has 2 aliphatic rings. The van der Waals surface area contributed by atoms with Crippen LogP contribution in [0.25, 0.3) is 0 Å². The molecule has 2 rings (SSSR count). The van der Waals surface area contributed by atoms with Crippen molar-refractivity contribution in [3.63, 3.8) is 0 Å². The number of rotatable bonds is 1. The van der Waals surface area contributed by atoms with Crippen molar-refractivity contribution < 1.29 is 0 Å². The van der Waals surface area contributed by atoms with Crippen LogP contribution in [0.2, 0.25) is 0 Å². The molecule has 2 aliphatic carbocycles. The van der Waals surface area contributed by atoms with Gasteiger partial charge in [-0.3, -0.25) is 0 Å². The lowest BCUT2D eigenvalue weighted by atomic mass is 9.72. The Bertz CT molecular complexity index is 149. The van der Waals surface area contributed by atoms with Gasteiger partial charge in [0.1, 0.15) is 0 Å². The maximum atomic E-state index is 6.03. The second-order valence-electron chi connectivity index (χ2n) is 5.08. The average molecular weight is 181 g/mol. The lowest BCUT2D eigenvalue weighted by Gasteiger charge is -2.35. The Morgan fingerprint density at radius 3 is 2.08 bits per heavy atom. The fourth-order valence-corrected chi connectivity index (χ4v) is 3.30. The van der Waals surface area contributed by atoms with Gasteiger partial charge in [0, 0.05) is 6.04 Å². The van der Waals surface area contributed by atoms with E-state index in [9.17, 15) is 0 Å². The Balaban J connectivity index is 1.83. The lowest BCUT2D eigenvalue weighted by Crippen LogP contribution is -2.32. The Kier molecular flexibility index (Phi) is 3.26. The molecule has 0 aromatic heterocycles. The van der Waals surface area contributed by atoms with E-state index in [1.807, 2.05) is 0 Å². The minimum absolute atomic E-state index is 0.528. The van der Waals surface area contributed by atoms with Crippen molar-refractivity contribution in [1.82, 2.24) is 0 Å². The molecule has 2 fully saturated rings. The van der Waals surface area contributed by atoms with Crippen LogP contribution in [0, 0.1) is 11.8 Å². The van der Waals surface area contributed by atoms with Gasteiger partial charge in [-0.2, -0.15) is 0 Å². The van der Waals surface area contributed by atoms with Gasteiger partial charge in [0.25, 0.3) is 0 Å². The van der Waals surface area contributed by atoms with Crippen LogP contribution in [0.3, 0.4) is 0 Å². The van der Waals surface area contributed by atoms with Crippen LogP contribution >= 0.6 is 0 Å². The first kappa shape index (κ1) is 9.51. The minimum atomic E-state index is 0.528. The zero-order valence-electron chi connectivity index (χ0n) is 8.67. The average Bonchev–Trinajstić information content (AvgIpc) is 2.19. The van der Waals surface area contributed by atoms with Crippen LogP contribution < -0.4 is 5.73 Å². The summed E-state index contributed by atoms with van der Waals surface area (Å²) in [6.45, 7) is 0. The van der Waals surface area contributed by atoms with Crippen LogP contribution in [0.4, 0.5) is 0 Å². The molecule has 0 aromatic rings. The van der Waals surface area contributed by atoms with E-state index in [1.54, 1.807) is 0 Å². The van der Waals surface area contributed by atoms with E-state index in [4.69, 9.17) is 5.73 Å². The number of nitrogens with two attached hydrogens (primary N) is 1. The molecule has 76 valence electrons. The number of hydrogen-bond donors (Lipinski definition) is 1. The second-order valence-corrected chi connectivity index (χ2v) is 5.08. The first-order valence-corrected chi connectivity index (χ1v) is 6.12. The van der Waals surface area contributed by atoms with Crippen molar-refractivity contribution in [2.45, 2.75) is 63.8 Å². The summed E-state index contributed by atoms with van der Waals surface area (Å²) in [6, 6.07) is 0.528. The molecule has 2 saturated carbocycles. The third-order valence-corrected chi connectivity index (χ3v) is 4.07. The molecule has 2 atom stereocenters. The Labute approximate surface area is 82.1 Å². The largest absolute Gasteiger partial charge is 0.328 e. The second kappa shape index (κ2) is 4.45. The number of hydrogen-bond acceptors (Lipinski definition) is 1. The van der Waals surface area contributed by atoms with Gasteiger partial charge in [-0.05, 0) is 24.7 Å². The third-order valence-electron chi connectivity index (χ3n) is 4.07. The normalized spacial score (nSPS) is 37.6. The molecule has 0 saturated heterocycles. The van der Waals surface area contributed by atoms with Crippen LogP contribution in [0.15, 0.2) is 0 Å². The first-order valence-electron chi connectivity index (χ1n) is 6.12. The van der Waals surface area contributed by atoms with E-state index in [1.165, 1.54) is 57.8 Å². The molecule has 0 aromatic carbocycles. The van der Waals surface area contributed by atoms with Crippen LogP contribution in [-0.4, -0.2) is 6.04 Å². The summed E-state index contributed by atoms with van der Waals surface area (Å²) in [5, 5.41) is 0. The van der Waals surface area contributed by atoms with Crippen molar-refractivity contribution in [1.29, 1.82) is 0 Å². The fraction of sp³-hybridized carbons (Fsp3) is 1.00. The van der Waals surface area contributed by atoms with E-state index in [0.29, 0.717) is 6.04 Å². The van der Waals surface area contributed by atoms with Gasteiger partial charge in [-0.25, -0.2) is 0 Å². The molecule has 1 nitrogen and oxygen atoms in total. The molecule has 0 unspecified atom stereocenters. The Morgan fingerprint density at radius 1 is 0.692 bits per heavy atom. The highest BCUT2D eigenvalue weighted by molar-refractivity contribution is 4.81. The summed E-state index contributed by atoms with van der Waals surface area (Å²) in [7, 11) is 0. The molecule has 13 heavy (non-hydrogen) atoms. The SMILES string of the molecule is N[C@H]1CCC[C@H](C2CCCCC2)C1. The summed E-state index contributed by atoms with van der Waals surface area (Å²) in [6.07, 6.45) is 12.9. The molecule has 0 radical (unpaired) electrons. The quantitative estimate of drug-likeness (QED) is 0.661. The van der Waals surface area contributed by atoms with E-state index in [-0.39, 0.29) is 0 Å². The molecule has 0 heterocycles. The standard InChI is InChI=1S/C12H23N/c13-12-8-4-7-11(9-12)10-5-2-1-3-6-10/h10-12H,1-9,13H2/t11-,12-/m0/s1. The highest BCUT2D eigenvalue weighted by atomic mass is 14.6. The maximum absolute atomic E-state index is 6.03. The van der Waals surface area contributed by atoms with E-state index in [2.05, 4.69) is 0 Å². The zero-order chi connectivity index (χ0) is 9.10. The maximum Gasteiger partial charge on any atom is 0.00415 e. The van der Waals surface area contributed by atoms with Crippen molar-refractivity contribution in [3.8, 4) is 0 Å². The zero-order valence-corrected chi connectivity index (χ0v) is 8.67. The van der Waals surface area contributed by atoms with Crippen LogP contribution in [0.5, 0.6) is 0 Å². The molecule has 0 spiro atoms. The molecule has 0 amide bonds. The summed E-state index contributed by atoms with van der Waals surface area (Å²) >= 11 is 0.